The molecule has 0 N–H and O–H groups in total. The Morgan fingerprint density at radius 1 is 1.17 bits per heavy atom. The van der Waals surface area contributed by atoms with E-state index in [1.807, 2.05) is 36.4 Å². The molecule has 0 bridgehead atoms. The van der Waals surface area contributed by atoms with Gasteiger partial charge in [-0.05, 0) is 43.3 Å². The van der Waals surface area contributed by atoms with E-state index >= 15 is 0 Å². The molecule has 0 radical (unpaired) electrons. The number of carbonyl (C=O) groups is 1. The number of methoxy groups -OCH3 is 1. The van der Waals surface area contributed by atoms with E-state index < -0.39 is 12.1 Å². The van der Waals surface area contributed by atoms with Crippen LogP contribution in [0.5, 0.6) is 5.75 Å². The maximum absolute atomic E-state index is 11.0. The molecule has 1 atom stereocenters. The molecular formula is C17H15N2O4-. The van der Waals surface area contributed by atoms with Gasteiger partial charge in [0.05, 0.1) is 18.6 Å². The molecule has 1 heterocycles. The summed E-state index contributed by atoms with van der Waals surface area (Å²) in [6.45, 7) is 1.42. The SMILES string of the molecule is COc1ccc(-c2nc3ccccc3n2O[C@H](C)C(=O)[O-])cc1. The summed E-state index contributed by atoms with van der Waals surface area (Å²) in [7, 11) is 1.59. The van der Waals surface area contributed by atoms with Gasteiger partial charge in [0.2, 0.25) is 0 Å². The zero-order chi connectivity index (χ0) is 16.4. The number of carbonyl (C=O) groups excluding carboxylic acids is 1. The number of rotatable bonds is 5. The van der Waals surface area contributed by atoms with Gasteiger partial charge in [-0.2, -0.15) is 4.73 Å². The number of hydrogen-bond donors (Lipinski definition) is 0. The topological polar surface area (TPSA) is 76.4 Å². The van der Waals surface area contributed by atoms with Gasteiger partial charge in [-0.15, -0.1) is 0 Å². The molecule has 0 aliphatic heterocycles. The van der Waals surface area contributed by atoms with E-state index in [1.165, 1.54) is 11.7 Å². The minimum atomic E-state index is -1.29. The lowest BCUT2D eigenvalue weighted by atomic mass is 10.2. The molecule has 0 spiro atoms. The second-order valence-corrected chi connectivity index (χ2v) is 5.01. The van der Waals surface area contributed by atoms with Gasteiger partial charge in [0.25, 0.3) is 0 Å². The van der Waals surface area contributed by atoms with E-state index in [0.717, 1.165) is 11.3 Å². The average molecular weight is 311 g/mol. The number of nitrogens with zero attached hydrogens (tertiary/aromatic N) is 2. The number of benzene rings is 2. The lowest BCUT2D eigenvalue weighted by Gasteiger charge is -2.18. The number of hydrogen-bond acceptors (Lipinski definition) is 5. The van der Waals surface area contributed by atoms with Gasteiger partial charge < -0.3 is 19.5 Å². The first kappa shape index (κ1) is 14.9. The molecule has 2 aromatic carbocycles. The molecule has 1 aromatic heterocycles. The molecule has 0 aliphatic rings. The Morgan fingerprint density at radius 2 is 1.87 bits per heavy atom. The number of carboxylic acids is 1. The molecule has 6 heteroatoms. The highest BCUT2D eigenvalue weighted by Gasteiger charge is 2.16. The third-order valence-electron chi connectivity index (χ3n) is 3.46. The average Bonchev–Trinajstić information content (AvgIpc) is 2.93. The summed E-state index contributed by atoms with van der Waals surface area (Å²) < 4.78 is 6.57. The molecule has 3 aromatic rings. The summed E-state index contributed by atoms with van der Waals surface area (Å²) >= 11 is 0. The van der Waals surface area contributed by atoms with Crippen LogP contribution < -0.4 is 14.7 Å². The highest BCUT2D eigenvalue weighted by atomic mass is 16.7. The fourth-order valence-corrected chi connectivity index (χ4v) is 2.23. The van der Waals surface area contributed by atoms with Gasteiger partial charge in [0.15, 0.2) is 11.9 Å². The maximum Gasteiger partial charge on any atom is 0.176 e. The number of fused-ring (bicyclic) bond motifs is 1. The third kappa shape index (κ3) is 2.83. The van der Waals surface area contributed by atoms with E-state index in [1.54, 1.807) is 19.2 Å². The summed E-state index contributed by atoms with van der Waals surface area (Å²) in [5, 5.41) is 11.0. The highest BCUT2D eigenvalue weighted by molar-refractivity contribution is 5.80. The summed E-state index contributed by atoms with van der Waals surface area (Å²) in [4.78, 5) is 21.1. The Morgan fingerprint density at radius 3 is 2.52 bits per heavy atom. The summed E-state index contributed by atoms with van der Waals surface area (Å²) in [5.74, 6) is -0.0501. The zero-order valence-electron chi connectivity index (χ0n) is 12.7. The number of imidazole rings is 1. The molecule has 0 aliphatic carbocycles. The maximum atomic E-state index is 11.0. The third-order valence-corrected chi connectivity index (χ3v) is 3.46. The molecule has 0 fully saturated rings. The molecular weight excluding hydrogens is 296 g/mol. The first-order valence-electron chi connectivity index (χ1n) is 7.10. The van der Waals surface area contributed by atoms with Crippen LogP contribution in [-0.2, 0) is 4.79 Å². The Bertz CT molecular complexity index is 839. The quantitative estimate of drug-likeness (QED) is 0.709. The van der Waals surface area contributed by atoms with Crippen LogP contribution in [0.4, 0.5) is 0 Å². The van der Waals surface area contributed by atoms with Gasteiger partial charge >= 0.3 is 0 Å². The fraction of sp³-hybridized carbons (Fsp3) is 0.176. The predicted molar refractivity (Wildman–Crippen MR) is 82.8 cm³/mol. The van der Waals surface area contributed by atoms with Crippen molar-refractivity contribution in [1.29, 1.82) is 0 Å². The first-order chi connectivity index (χ1) is 11.1. The van der Waals surface area contributed by atoms with Crippen LogP contribution in [0.1, 0.15) is 6.92 Å². The number of aromatic nitrogens is 2. The summed E-state index contributed by atoms with van der Waals surface area (Å²) in [6.07, 6.45) is -1.11. The zero-order valence-corrected chi connectivity index (χ0v) is 12.7. The van der Waals surface area contributed by atoms with Crippen molar-refractivity contribution >= 4 is 17.0 Å². The first-order valence-corrected chi connectivity index (χ1v) is 7.10. The molecule has 118 valence electrons. The van der Waals surface area contributed by atoms with Gasteiger partial charge in [-0.25, -0.2) is 4.98 Å². The molecule has 0 amide bonds. The number of carboxylic acid groups (broad SMARTS) is 1. The van der Waals surface area contributed by atoms with Crippen LogP contribution in [0, 0.1) is 0 Å². The van der Waals surface area contributed by atoms with E-state index in [9.17, 15) is 9.90 Å². The summed E-state index contributed by atoms with van der Waals surface area (Å²) in [5.41, 5.74) is 2.18. The van der Waals surface area contributed by atoms with E-state index in [2.05, 4.69) is 4.98 Å². The molecule has 3 rings (SSSR count). The predicted octanol–water partition coefficient (Wildman–Crippen LogP) is 1.28. The number of ether oxygens (including phenoxy) is 1. The Labute approximate surface area is 132 Å². The Balaban J connectivity index is 2.12. The van der Waals surface area contributed by atoms with Crippen LogP contribution in [0.25, 0.3) is 22.4 Å². The van der Waals surface area contributed by atoms with Crippen molar-refractivity contribution in [3.05, 3.63) is 48.5 Å². The van der Waals surface area contributed by atoms with Crippen molar-refractivity contribution in [3.8, 4) is 17.1 Å². The monoisotopic (exact) mass is 311 g/mol. The standard InChI is InChI=1S/C17H16N2O4/c1-11(17(20)21)23-19-15-6-4-3-5-14(15)18-16(19)12-7-9-13(22-2)10-8-12/h3-11H,1-2H3,(H,20,21)/p-1/t11-/m1/s1. The lowest BCUT2D eigenvalue weighted by Crippen LogP contribution is -2.40. The highest BCUT2D eigenvalue weighted by Crippen LogP contribution is 2.25. The van der Waals surface area contributed by atoms with Crippen LogP contribution in [-0.4, -0.2) is 28.9 Å². The van der Waals surface area contributed by atoms with Crippen molar-refractivity contribution < 1.29 is 19.5 Å². The molecule has 23 heavy (non-hydrogen) atoms. The smallest absolute Gasteiger partial charge is 0.176 e. The van der Waals surface area contributed by atoms with Crippen LogP contribution in [0.3, 0.4) is 0 Å². The molecule has 0 saturated carbocycles. The van der Waals surface area contributed by atoms with Crippen molar-refractivity contribution in [2.45, 2.75) is 13.0 Å². The van der Waals surface area contributed by atoms with Gasteiger partial charge in [0.1, 0.15) is 11.3 Å². The molecule has 0 unspecified atom stereocenters. The van der Waals surface area contributed by atoms with Gasteiger partial charge in [-0.1, -0.05) is 12.1 Å². The van der Waals surface area contributed by atoms with Crippen molar-refractivity contribution in [3.63, 3.8) is 0 Å². The molecule has 0 saturated heterocycles. The van der Waals surface area contributed by atoms with Crippen molar-refractivity contribution in [2.75, 3.05) is 7.11 Å². The Hall–Kier alpha value is -3.02. The second kappa shape index (κ2) is 6.00. The van der Waals surface area contributed by atoms with E-state index in [4.69, 9.17) is 9.57 Å². The van der Waals surface area contributed by atoms with E-state index in [0.29, 0.717) is 16.9 Å². The van der Waals surface area contributed by atoms with Gasteiger partial charge in [0, 0.05) is 5.56 Å². The van der Waals surface area contributed by atoms with Crippen LogP contribution in [0.15, 0.2) is 48.5 Å². The second-order valence-electron chi connectivity index (χ2n) is 5.01. The molecule has 6 nitrogen and oxygen atoms in total. The lowest BCUT2D eigenvalue weighted by molar-refractivity contribution is -0.315. The van der Waals surface area contributed by atoms with Crippen molar-refractivity contribution in [2.24, 2.45) is 0 Å². The fourth-order valence-electron chi connectivity index (χ4n) is 2.23. The van der Waals surface area contributed by atoms with E-state index in [-0.39, 0.29) is 0 Å². The van der Waals surface area contributed by atoms with Gasteiger partial charge in [-0.3, -0.25) is 0 Å². The minimum Gasteiger partial charge on any atom is -0.546 e. The number of para-hydroxylation sites is 2. The normalized spacial score (nSPS) is 12.1. The largest absolute Gasteiger partial charge is 0.546 e. The van der Waals surface area contributed by atoms with Crippen LogP contribution >= 0.6 is 0 Å². The minimum absolute atomic E-state index is 0.516. The Kier molecular flexibility index (Phi) is 3.89. The van der Waals surface area contributed by atoms with Crippen LogP contribution in [0.2, 0.25) is 0 Å². The summed E-state index contributed by atoms with van der Waals surface area (Å²) in [6, 6.07) is 14.6. The number of aliphatic carboxylic acids is 1. The van der Waals surface area contributed by atoms with Crippen molar-refractivity contribution in [1.82, 2.24) is 9.71 Å².